The van der Waals surface area contributed by atoms with Crippen molar-refractivity contribution in [1.29, 1.82) is 0 Å². The minimum absolute atomic E-state index is 0.190. The molecular formula is C10H15N3O2. The SMILES string of the molecule is Nc1cc(CCC2COCCO2)ncn1. The van der Waals surface area contributed by atoms with Gasteiger partial charge in [0.25, 0.3) is 0 Å². The second-order valence-electron chi connectivity index (χ2n) is 3.54. The predicted molar refractivity (Wildman–Crippen MR) is 55.3 cm³/mol. The summed E-state index contributed by atoms with van der Waals surface area (Å²) in [5.41, 5.74) is 6.52. The Morgan fingerprint density at radius 1 is 1.40 bits per heavy atom. The van der Waals surface area contributed by atoms with Crippen LogP contribution in [-0.4, -0.2) is 35.9 Å². The highest BCUT2D eigenvalue weighted by Gasteiger charge is 2.14. The van der Waals surface area contributed by atoms with Gasteiger partial charge < -0.3 is 15.2 Å². The van der Waals surface area contributed by atoms with E-state index in [0.29, 0.717) is 25.6 Å². The lowest BCUT2D eigenvalue weighted by molar-refractivity contribution is -0.0904. The summed E-state index contributed by atoms with van der Waals surface area (Å²) in [6.07, 6.45) is 3.44. The van der Waals surface area contributed by atoms with Gasteiger partial charge in [-0.25, -0.2) is 9.97 Å². The standard InChI is InChI=1S/C10H15N3O2/c11-10-5-8(12-7-13-10)1-2-9-6-14-3-4-15-9/h5,7,9H,1-4,6H2,(H2,11,12,13). The molecule has 1 unspecified atom stereocenters. The second-order valence-corrected chi connectivity index (χ2v) is 3.54. The van der Waals surface area contributed by atoms with E-state index in [9.17, 15) is 0 Å². The second kappa shape index (κ2) is 5.04. The van der Waals surface area contributed by atoms with E-state index in [1.807, 2.05) is 0 Å². The molecule has 1 saturated heterocycles. The number of nitrogens with zero attached hydrogens (tertiary/aromatic N) is 2. The predicted octanol–water partition coefficient (Wildman–Crippen LogP) is 0.407. The van der Waals surface area contributed by atoms with Gasteiger partial charge in [0.15, 0.2) is 0 Å². The number of hydrogen-bond donors (Lipinski definition) is 1. The van der Waals surface area contributed by atoms with E-state index in [1.54, 1.807) is 6.07 Å². The number of ether oxygens (including phenoxy) is 2. The van der Waals surface area contributed by atoms with E-state index in [0.717, 1.165) is 18.5 Å². The molecule has 1 aromatic heterocycles. The van der Waals surface area contributed by atoms with E-state index < -0.39 is 0 Å². The number of aryl methyl sites for hydroxylation is 1. The number of nitrogens with two attached hydrogens (primary N) is 1. The number of anilines is 1. The zero-order valence-corrected chi connectivity index (χ0v) is 8.56. The first-order valence-electron chi connectivity index (χ1n) is 5.10. The number of hydrogen-bond acceptors (Lipinski definition) is 5. The van der Waals surface area contributed by atoms with Crippen molar-refractivity contribution in [3.63, 3.8) is 0 Å². The average Bonchev–Trinajstić information content (AvgIpc) is 2.28. The Morgan fingerprint density at radius 2 is 2.33 bits per heavy atom. The van der Waals surface area contributed by atoms with Crippen LogP contribution in [0.25, 0.3) is 0 Å². The first-order chi connectivity index (χ1) is 7.34. The molecule has 0 amide bonds. The lowest BCUT2D eigenvalue weighted by Crippen LogP contribution is -2.28. The van der Waals surface area contributed by atoms with Gasteiger partial charge in [0, 0.05) is 11.8 Å². The molecule has 15 heavy (non-hydrogen) atoms. The normalized spacial score (nSPS) is 21.5. The van der Waals surface area contributed by atoms with Gasteiger partial charge in [0.05, 0.1) is 25.9 Å². The maximum absolute atomic E-state index is 5.56. The van der Waals surface area contributed by atoms with E-state index in [-0.39, 0.29) is 6.10 Å². The molecule has 82 valence electrons. The van der Waals surface area contributed by atoms with Crippen molar-refractivity contribution in [2.75, 3.05) is 25.6 Å². The van der Waals surface area contributed by atoms with Gasteiger partial charge >= 0.3 is 0 Å². The highest BCUT2D eigenvalue weighted by Crippen LogP contribution is 2.09. The average molecular weight is 209 g/mol. The van der Waals surface area contributed by atoms with Crippen LogP contribution in [0.1, 0.15) is 12.1 Å². The topological polar surface area (TPSA) is 70.3 Å². The summed E-state index contributed by atoms with van der Waals surface area (Å²) in [4.78, 5) is 7.98. The molecule has 0 spiro atoms. The molecule has 1 aliphatic rings. The summed E-state index contributed by atoms with van der Waals surface area (Å²) in [5.74, 6) is 0.515. The quantitative estimate of drug-likeness (QED) is 0.780. The Bertz CT molecular complexity index is 313. The summed E-state index contributed by atoms with van der Waals surface area (Å²) in [6.45, 7) is 2.08. The molecule has 0 radical (unpaired) electrons. The van der Waals surface area contributed by atoms with Crippen molar-refractivity contribution >= 4 is 5.82 Å². The van der Waals surface area contributed by atoms with Crippen LogP contribution in [0.2, 0.25) is 0 Å². The van der Waals surface area contributed by atoms with E-state index in [2.05, 4.69) is 9.97 Å². The minimum Gasteiger partial charge on any atom is -0.384 e. The van der Waals surface area contributed by atoms with Crippen LogP contribution < -0.4 is 5.73 Å². The van der Waals surface area contributed by atoms with Gasteiger partial charge in [-0.2, -0.15) is 0 Å². The fraction of sp³-hybridized carbons (Fsp3) is 0.600. The minimum atomic E-state index is 0.190. The van der Waals surface area contributed by atoms with Gasteiger partial charge in [0.1, 0.15) is 12.1 Å². The number of aromatic nitrogens is 2. The molecule has 1 fully saturated rings. The Hall–Kier alpha value is -1.20. The molecule has 2 heterocycles. The molecule has 5 nitrogen and oxygen atoms in total. The Balaban J connectivity index is 1.81. The Morgan fingerprint density at radius 3 is 3.07 bits per heavy atom. The highest BCUT2D eigenvalue weighted by atomic mass is 16.6. The molecular weight excluding hydrogens is 194 g/mol. The van der Waals surface area contributed by atoms with Crippen LogP contribution in [0, 0.1) is 0 Å². The van der Waals surface area contributed by atoms with Crippen molar-refractivity contribution < 1.29 is 9.47 Å². The van der Waals surface area contributed by atoms with Crippen molar-refractivity contribution in [2.45, 2.75) is 18.9 Å². The van der Waals surface area contributed by atoms with Gasteiger partial charge in [-0.05, 0) is 12.8 Å². The third-order valence-electron chi connectivity index (χ3n) is 2.35. The van der Waals surface area contributed by atoms with Crippen LogP contribution in [0.15, 0.2) is 12.4 Å². The third-order valence-corrected chi connectivity index (χ3v) is 2.35. The maximum atomic E-state index is 5.56. The van der Waals surface area contributed by atoms with Crippen molar-refractivity contribution in [3.05, 3.63) is 18.1 Å². The molecule has 1 atom stereocenters. The van der Waals surface area contributed by atoms with Crippen LogP contribution >= 0.6 is 0 Å². The molecule has 0 bridgehead atoms. The van der Waals surface area contributed by atoms with E-state index >= 15 is 0 Å². The molecule has 0 saturated carbocycles. The van der Waals surface area contributed by atoms with Gasteiger partial charge in [-0.15, -0.1) is 0 Å². The molecule has 1 aliphatic heterocycles. The third kappa shape index (κ3) is 3.14. The summed E-state index contributed by atoms with van der Waals surface area (Å²) in [7, 11) is 0. The summed E-state index contributed by atoms with van der Waals surface area (Å²) in [5, 5.41) is 0. The van der Waals surface area contributed by atoms with Crippen molar-refractivity contribution in [1.82, 2.24) is 9.97 Å². The molecule has 2 N–H and O–H groups in total. The maximum Gasteiger partial charge on any atom is 0.126 e. The van der Waals surface area contributed by atoms with Crippen LogP contribution in [0.5, 0.6) is 0 Å². The van der Waals surface area contributed by atoms with Crippen molar-refractivity contribution in [2.24, 2.45) is 0 Å². The van der Waals surface area contributed by atoms with Gasteiger partial charge in [-0.3, -0.25) is 0 Å². The van der Waals surface area contributed by atoms with E-state index in [1.165, 1.54) is 6.33 Å². The first-order valence-corrected chi connectivity index (χ1v) is 5.10. The Labute approximate surface area is 88.6 Å². The number of rotatable bonds is 3. The van der Waals surface area contributed by atoms with Crippen molar-refractivity contribution in [3.8, 4) is 0 Å². The number of nitrogen functional groups attached to an aromatic ring is 1. The lowest BCUT2D eigenvalue weighted by atomic mass is 10.1. The smallest absolute Gasteiger partial charge is 0.126 e. The van der Waals surface area contributed by atoms with Gasteiger partial charge in [-0.1, -0.05) is 0 Å². The summed E-state index contributed by atoms with van der Waals surface area (Å²) in [6, 6.07) is 1.80. The molecule has 0 aromatic carbocycles. The molecule has 1 aromatic rings. The van der Waals surface area contributed by atoms with Gasteiger partial charge in [0.2, 0.25) is 0 Å². The Kier molecular flexibility index (Phi) is 3.47. The molecule has 2 rings (SSSR count). The fourth-order valence-electron chi connectivity index (χ4n) is 1.56. The largest absolute Gasteiger partial charge is 0.384 e. The zero-order valence-electron chi connectivity index (χ0n) is 8.56. The lowest BCUT2D eigenvalue weighted by Gasteiger charge is -2.22. The molecule has 0 aliphatic carbocycles. The van der Waals surface area contributed by atoms with Crippen LogP contribution in [0.3, 0.4) is 0 Å². The summed E-state index contributed by atoms with van der Waals surface area (Å²) < 4.78 is 10.8. The molecule has 5 heteroatoms. The van der Waals surface area contributed by atoms with Crippen LogP contribution in [0.4, 0.5) is 5.82 Å². The van der Waals surface area contributed by atoms with Crippen LogP contribution in [-0.2, 0) is 15.9 Å². The zero-order chi connectivity index (χ0) is 10.5. The van der Waals surface area contributed by atoms with E-state index in [4.69, 9.17) is 15.2 Å². The summed E-state index contributed by atoms with van der Waals surface area (Å²) >= 11 is 0. The highest BCUT2D eigenvalue weighted by molar-refractivity contribution is 5.27. The first kappa shape index (κ1) is 10.3. The fourth-order valence-corrected chi connectivity index (χ4v) is 1.56. The monoisotopic (exact) mass is 209 g/mol.